The van der Waals surface area contributed by atoms with Crippen LogP contribution in [-0.4, -0.2) is 56.4 Å². The van der Waals surface area contributed by atoms with Gasteiger partial charge in [-0.25, -0.2) is 4.39 Å². The first kappa shape index (κ1) is 17.6. The monoisotopic (exact) mass is 399 g/mol. The first-order valence-electron chi connectivity index (χ1n) is 8.30. The van der Waals surface area contributed by atoms with Crippen molar-refractivity contribution in [2.24, 2.45) is 4.99 Å². The molecule has 0 radical (unpaired) electrons. The van der Waals surface area contributed by atoms with Gasteiger partial charge >= 0.3 is 0 Å². The Kier molecular flexibility index (Phi) is 6.08. The zero-order valence-corrected chi connectivity index (χ0v) is 15.4. The van der Waals surface area contributed by atoms with E-state index >= 15 is 0 Å². The van der Waals surface area contributed by atoms with Gasteiger partial charge in [0, 0.05) is 33.3 Å². The largest absolute Gasteiger partial charge is 0.375 e. The molecule has 2 fully saturated rings. The molecule has 3 rings (SSSR count). The van der Waals surface area contributed by atoms with Gasteiger partial charge in [0.1, 0.15) is 11.9 Å². The van der Waals surface area contributed by atoms with Gasteiger partial charge in [-0.05, 0) is 46.5 Å². The highest BCUT2D eigenvalue weighted by Crippen LogP contribution is 2.21. The van der Waals surface area contributed by atoms with Crippen molar-refractivity contribution in [1.29, 1.82) is 0 Å². The van der Waals surface area contributed by atoms with Crippen LogP contribution in [0.5, 0.6) is 0 Å². The molecule has 0 bridgehead atoms. The summed E-state index contributed by atoms with van der Waals surface area (Å²) < 4.78 is 25.7. The normalized spacial score (nSPS) is 25.1. The lowest BCUT2D eigenvalue weighted by Crippen LogP contribution is -2.53. The van der Waals surface area contributed by atoms with Gasteiger partial charge in [-0.3, -0.25) is 4.99 Å². The van der Waals surface area contributed by atoms with Crippen LogP contribution in [0, 0.1) is 5.82 Å². The lowest BCUT2D eigenvalue weighted by Gasteiger charge is -2.37. The van der Waals surface area contributed by atoms with E-state index in [1.807, 2.05) is 6.07 Å². The summed E-state index contributed by atoms with van der Waals surface area (Å²) in [4.78, 5) is 6.55. The molecule has 2 aliphatic rings. The Morgan fingerprint density at radius 3 is 2.92 bits per heavy atom. The second-order valence-corrected chi connectivity index (χ2v) is 6.91. The number of halogens is 2. The van der Waals surface area contributed by atoms with Crippen molar-refractivity contribution in [1.82, 2.24) is 10.2 Å². The quantitative estimate of drug-likeness (QED) is 0.626. The Morgan fingerprint density at radius 2 is 2.21 bits per heavy atom. The highest BCUT2D eigenvalue weighted by Gasteiger charge is 2.32. The molecule has 1 N–H and O–H groups in total. The van der Waals surface area contributed by atoms with Crippen LogP contribution in [0.4, 0.5) is 4.39 Å². The molecule has 7 heteroatoms. The third kappa shape index (κ3) is 4.26. The number of guanidine groups is 1. The summed E-state index contributed by atoms with van der Waals surface area (Å²) in [7, 11) is 1.76. The number of nitrogens with zero attached hydrogens (tertiary/aromatic N) is 2. The van der Waals surface area contributed by atoms with Crippen LogP contribution in [-0.2, 0) is 16.0 Å². The zero-order chi connectivity index (χ0) is 16.9. The smallest absolute Gasteiger partial charge is 0.194 e. The summed E-state index contributed by atoms with van der Waals surface area (Å²) in [5, 5.41) is 3.31. The molecule has 2 unspecified atom stereocenters. The first-order chi connectivity index (χ1) is 11.7. The van der Waals surface area contributed by atoms with E-state index in [9.17, 15) is 4.39 Å². The molecule has 2 aliphatic heterocycles. The fourth-order valence-electron chi connectivity index (χ4n) is 3.15. The van der Waals surface area contributed by atoms with Crippen molar-refractivity contribution in [3.05, 3.63) is 34.1 Å². The van der Waals surface area contributed by atoms with Gasteiger partial charge < -0.3 is 19.7 Å². The second-order valence-electron chi connectivity index (χ2n) is 6.06. The second kappa shape index (κ2) is 8.27. The molecular weight excluding hydrogens is 377 g/mol. The van der Waals surface area contributed by atoms with Crippen LogP contribution in [0.3, 0.4) is 0 Å². The van der Waals surface area contributed by atoms with Gasteiger partial charge in [-0.15, -0.1) is 0 Å². The summed E-state index contributed by atoms with van der Waals surface area (Å²) in [5.74, 6) is 0.554. The van der Waals surface area contributed by atoms with Gasteiger partial charge in [0.2, 0.25) is 0 Å². The van der Waals surface area contributed by atoms with E-state index in [1.54, 1.807) is 13.1 Å². The van der Waals surface area contributed by atoms with Gasteiger partial charge in [0.15, 0.2) is 5.96 Å². The molecule has 0 aliphatic carbocycles. The maximum Gasteiger partial charge on any atom is 0.194 e. The Morgan fingerprint density at radius 1 is 1.38 bits per heavy atom. The topological polar surface area (TPSA) is 46.1 Å². The molecule has 1 aromatic carbocycles. The number of hydrogen-bond donors (Lipinski definition) is 1. The van der Waals surface area contributed by atoms with Gasteiger partial charge in [0.25, 0.3) is 0 Å². The Hall–Kier alpha value is -1.18. The molecule has 0 aromatic heterocycles. The molecule has 2 heterocycles. The lowest BCUT2D eigenvalue weighted by atomic mass is 10.1. The number of aliphatic imine (C=N–C) groups is 1. The van der Waals surface area contributed by atoms with Gasteiger partial charge in [0.05, 0.1) is 17.2 Å². The van der Waals surface area contributed by atoms with E-state index in [0.29, 0.717) is 17.6 Å². The van der Waals surface area contributed by atoms with Crippen LogP contribution in [0.15, 0.2) is 27.7 Å². The van der Waals surface area contributed by atoms with Crippen molar-refractivity contribution in [3.63, 3.8) is 0 Å². The van der Waals surface area contributed by atoms with Gasteiger partial charge in [-0.1, -0.05) is 6.07 Å². The fraction of sp³-hybridized carbons (Fsp3) is 0.588. The number of ether oxygens (including phenoxy) is 2. The van der Waals surface area contributed by atoms with E-state index in [1.165, 1.54) is 6.07 Å². The molecule has 132 valence electrons. The minimum Gasteiger partial charge on any atom is -0.375 e. The van der Waals surface area contributed by atoms with E-state index in [-0.39, 0.29) is 18.0 Å². The van der Waals surface area contributed by atoms with Crippen LogP contribution < -0.4 is 5.32 Å². The maximum absolute atomic E-state index is 13.6. The number of nitrogens with one attached hydrogen (secondary N) is 1. The summed E-state index contributed by atoms with van der Waals surface area (Å²) in [5.41, 5.74) is 0.876. The molecule has 0 spiro atoms. The minimum atomic E-state index is -0.255. The first-order valence-corrected chi connectivity index (χ1v) is 9.09. The van der Waals surface area contributed by atoms with Crippen molar-refractivity contribution in [2.75, 3.05) is 33.4 Å². The van der Waals surface area contributed by atoms with Crippen LogP contribution in [0.1, 0.15) is 18.4 Å². The fourth-order valence-corrected chi connectivity index (χ4v) is 3.40. The van der Waals surface area contributed by atoms with Gasteiger partial charge in [-0.2, -0.15) is 0 Å². The van der Waals surface area contributed by atoms with Crippen molar-refractivity contribution >= 4 is 21.9 Å². The molecule has 2 atom stereocenters. The molecule has 0 amide bonds. The summed E-state index contributed by atoms with van der Waals surface area (Å²) in [6, 6.07) is 5.14. The molecule has 5 nitrogen and oxygen atoms in total. The SMILES string of the molecule is CN=C(NCc1ccc(Br)c(F)c1)N1CCOC(C2CCCO2)C1. The van der Waals surface area contributed by atoms with E-state index in [4.69, 9.17) is 9.47 Å². The molecular formula is C17H23BrFN3O2. The van der Waals surface area contributed by atoms with E-state index < -0.39 is 0 Å². The Labute approximate surface area is 150 Å². The number of benzene rings is 1. The Bertz CT molecular complexity index is 593. The van der Waals surface area contributed by atoms with Crippen LogP contribution >= 0.6 is 15.9 Å². The molecule has 2 saturated heterocycles. The third-order valence-corrected chi connectivity index (χ3v) is 5.06. The predicted octanol–water partition coefficient (Wildman–Crippen LogP) is 2.54. The summed E-state index contributed by atoms with van der Waals surface area (Å²) in [6.07, 6.45) is 2.44. The Balaban J connectivity index is 1.57. The third-order valence-electron chi connectivity index (χ3n) is 4.42. The number of rotatable bonds is 3. The average molecular weight is 400 g/mol. The van der Waals surface area contributed by atoms with Crippen molar-refractivity contribution in [2.45, 2.75) is 31.6 Å². The minimum absolute atomic E-state index is 0.0879. The average Bonchev–Trinajstić information content (AvgIpc) is 3.13. The standard InChI is InChI=1S/C17H23BrFN3O2/c1-20-17(21-10-12-4-5-13(18)14(19)9-12)22-6-8-24-16(11-22)15-3-2-7-23-15/h4-5,9,15-16H,2-3,6-8,10-11H2,1H3,(H,20,21). The lowest BCUT2D eigenvalue weighted by molar-refractivity contribution is -0.0817. The number of hydrogen-bond acceptors (Lipinski definition) is 3. The molecule has 1 aromatic rings. The summed E-state index contributed by atoms with van der Waals surface area (Å²) in [6.45, 7) is 3.57. The molecule has 24 heavy (non-hydrogen) atoms. The summed E-state index contributed by atoms with van der Waals surface area (Å²) >= 11 is 3.17. The van der Waals surface area contributed by atoms with Crippen LogP contribution in [0.25, 0.3) is 0 Å². The highest BCUT2D eigenvalue weighted by atomic mass is 79.9. The van der Waals surface area contributed by atoms with Crippen molar-refractivity contribution in [3.8, 4) is 0 Å². The number of morpholine rings is 1. The highest BCUT2D eigenvalue weighted by molar-refractivity contribution is 9.10. The van der Waals surface area contributed by atoms with Crippen LogP contribution in [0.2, 0.25) is 0 Å². The maximum atomic E-state index is 13.6. The predicted molar refractivity (Wildman–Crippen MR) is 94.6 cm³/mol. The van der Waals surface area contributed by atoms with E-state index in [2.05, 4.69) is 31.1 Å². The van der Waals surface area contributed by atoms with Crippen molar-refractivity contribution < 1.29 is 13.9 Å². The zero-order valence-electron chi connectivity index (χ0n) is 13.8. The molecule has 0 saturated carbocycles. The van der Waals surface area contributed by atoms with E-state index in [0.717, 1.165) is 44.1 Å².